The third kappa shape index (κ3) is 2.31. The first-order valence-corrected chi connectivity index (χ1v) is 4.73. The summed E-state index contributed by atoms with van der Waals surface area (Å²) in [5.41, 5.74) is 0.735. The maximum absolute atomic E-state index is 11.2. The van der Waals surface area contributed by atoms with E-state index in [2.05, 4.69) is 10.6 Å². The van der Waals surface area contributed by atoms with Crippen LogP contribution >= 0.6 is 0 Å². The molecule has 1 aliphatic heterocycles. The van der Waals surface area contributed by atoms with Gasteiger partial charge in [-0.2, -0.15) is 0 Å². The van der Waals surface area contributed by atoms with Crippen LogP contribution in [0.5, 0.6) is 0 Å². The summed E-state index contributed by atoms with van der Waals surface area (Å²) in [6.45, 7) is 0. The number of amides is 3. The Kier molecular flexibility index (Phi) is 2.61. The molecule has 3 N–H and O–H groups in total. The van der Waals surface area contributed by atoms with Gasteiger partial charge in [-0.15, -0.1) is 0 Å². The van der Waals surface area contributed by atoms with Gasteiger partial charge in [-0.3, -0.25) is 10.1 Å². The fraction of sp³-hybridized carbons (Fsp3) is 0. The highest BCUT2D eigenvalue weighted by atomic mass is 16.4. The van der Waals surface area contributed by atoms with E-state index in [1.165, 1.54) is 18.2 Å². The van der Waals surface area contributed by atoms with Crippen LogP contribution in [0.4, 0.5) is 4.79 Å². The van der Waals surface area contributed by atoms with E-state index in [-0.39, 0.29) is 11.3 Å². The molecule has 1 aliphatic rings. The van der Waals surface area contributed by atoms with Crippen LogP contribution in [-0.4, -0.2) is 23.0 Å². The number of urea groups is 1. The van der Waals surface area contributed by atoms with Crippen molar-refractivity contribution in [1.82, 2.24) is 10.6 Å². The lowest BCUT2D eigenvalue weighted by molar-refractivity contribution is -0.115. The van der Waals surface area contributed by atoms with E-state index in [4.69, 9.17) is 5.11 Å². The largest absolute Gasteiger partial charge is 0.478 e. The monoisotopic (exact) mass is 232 g/mol. The highest BCUT2D eigenvalue weighted by molar-refractivity contribution is 6.14. The van der Waals surface area contributed by atoms with E-state index >= 15 is 0 Å². The number of imide groups is 1. The Morgan fingerprint density at radius 3 is 2.59 bits per heavy atom. The second kappa shape index (κ2) is 4.09. The third-order valence-corrected chi connectivity index (χ3v) is 2.16. The van der Waals surface area contributed by atoms with E-state index in [0.717, 1.165) is 0 Å². The zero-order chi connectivity index (χ0) is 12.4. The van der Waals surface area contributed by atoms with Crippen molar-refractivity contribution in [2.75, 3.05) is 0 Å². The van der Waals surface area contributed by atoms with E-state index in [0.29, 0.717) is 5.56 Å². The summed E-state index contributed by atoms with van der Waals surface area (Å²) in [7, 11) is 0. The number of hydrogen-bond acceptors (Lipinski definition) is 3. The Labute approximate surface area is 95.9 Å². The fourth-order valence-electron chi connectivity index (χ4n) is 1.41. The number of carbonyl (C=O) groups is 3. The van der Waals surface area contributed by atoms with Crippen molar-refractivity contribution in [1.29, 1.82) is 0 Å². The highest BCUT2D eigenvalue weighted by Gasteiger charge is 2.22. The molecule has 2 rings (SSSR count). The molecule has 0 spiro atoms. The lowest BCUT2D eigenvalue weighted by Crippen LogP contribution is -2.22. The average Bonchev–Trinajstić information content (AvgIpc) is 2.58. The lowest BCUT2D eigenvalue weighted by atomic mass is 10.1. The van der Waals surface area contributed by atoms with Gasteiger partial charge in [0.2, 0.25) is 0 Å². The molecule has 86 valence electrons. The first kappa shape index (κ1) is 10.9. The molecule has 1 saturated heterocycles. The van der Waals surface area contributed by atoms with Gasteiger partial charge in [-0.05, 0) is 23.8 Å². The topological polar surface area (TPSA) is 95.5 Å². The van der Waals surface area contributed by atoms with Crippen molar-refractivity contribution in [3.63, 3.8) is 0 Å². The summed E-state index contributed by atoms with van der Waals surface area (Å²) in [6.07, 6.45) is 1.41. The highest BCUT2D eigenvalue weighted by Crippen LogP contribution is 2.10. The third-order valence-electron chi connectivity index (χ3n) is 2.16. The molecular weight excluding hydrogens is 224 g/mol. The fourth-order valence-corrected chi connectivity index (χ4v) is 1.41. The normalized spacial score (nSPS) is 16.8. The molecule has 0 unspecified atom stereocenters. The Bertz CT molecular complexity index is 548. The van der Waals surface area contributed by atoms with Gasteiger partial charge >= 0.3 is 12.0 Å². The predicted molar refractivity (Wildman–Crippen MR) is 58.1 cm³/mol. The van der Waals surface area contributed by atoms with Gasteiger partial charge in [0.15, 0.2) is 0 Å². The number of carbonyl (C=O) groups excluding carboxylic acids is 2. The van der Waals surface area contributed by atoms with Crippen LogP contribution < -0.4 is 10.6 Å². The quantitative estimate of drug-likeness (QED) is 0.513. The van der Waals surface area contributed by atoms with Gasteiger partial charge in [0, 0.05) is 0 Å². The van der Waals surface area contributed by atoms with Gasteiger partial charge in [-0.25, -0.2) is 9.59 Å². The molecule has 0 aliphatic carbocycles. The van der Waals surface area contributed by atoms with Gasteiger partial charge in [0.25, 0.3) is 5.91 Å². The van der Waals surface area contributed by atoms with Crippen molar-refractivity contribution in [3.8, 4) is 0 Å². The second-order valence-corrected chi connectivity index (χ2v) is 3.40. The first-order chi connectivity index (χ1) is 8.06. The minimum atomic E-state index is -1.05. The van der Waals surface area contributed by atoms with Crippen LogP contribution in [0.15, 0.2) is 30.0 Å². The molecule has 0 atom stereocenters. The van der Waals surface area contributed by atoms with Gasteiger partial charge in [-0.1, -0.05) is 12.1 Å². The Hall–Kier alpha value is -2.63. The van der Waals surface area contributed by atoms with Gasteiger partial charge < -0.3 is 10.4 Å². The number of benzene rings is 1. The number of nitrogens with one attached hydrogen (secondary N) is 2. The summed E-state index contributed by atoms with van der Waals surface area (Å²) in [5.74, 6) is -1.58. The summed E-state index contributed by atoms with van der Waals surface area (Å²) < 4.78 is 0. The minimum absolute atomic E-state index is 0.0949. The molecule has 1 aromatic carbocycles. The molecule has 0 aromatic heterocycles. The van der Waals surface area contributed by atoms with E-state index in [1.807, 2.05) is 0 Å². The van der Waals surface area contributed by atoms with Crippen molar-refractivity contribution in [3.05, 3.63) is 41.1 Å². The standard InChI is InChI=1S/C11H8N2O4/c14-9-8(12-11(17)13-9)5-6-2-1-3-7(4-6)10(15)16/h1-5H,(H,15,16)(H2,12,13,14,17)/b8-5+. The summed E-state index contributed by atoms with van der Waals surface area (Å²) in [6, 6.07) is 5.46. The van der Waals surface area contributed by atoms with Crippen molar-refractivity contribution in [2.45, 2.75) is 0 Å². The molecule has 0 saturated carbocycles. The van der Waals surface area contributed by atoms with E-state index in [1.54, 1.807) is 12.1 Å². The molecule has 17 heavy (non-hydrogen) atoms. The molecule has 1 aromatic rings. The van der Waals surface area contributed by atoms with Crippen LogP contribution in [0.25, 0.3) is 6.08 Å². The molecule has 6 heteroatoms. The van der Waals surface area contributed by atoms with Crippen LogP contribution in [0, 0.1) is 0 Å². The first-order valence-electron chi connectivity index (χ1n) is 4.73. The maximum Gasteiger partial charge on any atom is 0.335 e. The Balaban J connectivity index is 2.33. The summed E-state index contributed by atoms with van der Waals surface area (Å²) in [5, 5.41) is 13.2. The van der Waals surface area contributed by atoms with Gasteiger partial charge in [0.1, 0.15) is 5.70 Å². The van der Waals surface area contributed by atoms with Crippen LogP contribution in [-0.2, 0) is 4.79 Å². The van der Waals surface area contributed by atoms with Crippen LogP contribution in [0.3, 0.4) is 0 Å². The summed E-state index contributed by atoms with van der Waals surface area (Å²) in [4.78, 5) is 32.8. The van der Waals surface area contributed by atoms with Crippen molar-refractivity contribution < 1.29 is 19.5 Å². The zero-order valence-corrected chi connectivity index (χ0v) is 8.56. The molecule has 3 amide bonds. The van der Waals surface area contributed by atoms with E-state index < -0.39 is 17.9 Å². The van der Waals surface area contributed by atoms with Crippen LogP contribution in [0.1, 0.15) is 15.9 Å². The minimum Gasteiger partial charge on any atom is -0.478 e. The molecule has 6 nitrogen and oxygen atoms in total. The lowest BCUT2D eigenvalue weighted by Gasteiger charge is -1.98. The predicted octanol–water partition coefficient (Wildman–Crippen LogP) is 0.565. The molecule has 0 radical (unpaired) electrons. The number of rotatable bonds is 2. The number of aromatic carboxylic acids is 1. The second-order valence-electron chi connectivity index (χ2n) is 3.40. The van der Waals surface area contributed by atoms with Crippen molar-refractivity contribution in [2.24, 2.45) is 0 Å². The maximum atomic E-state index is 11.2. The number of hydrogen-bond donors (Lipinski definition) is 3. The average molecular weight is 232 g/mol. The van der Waals surface area contributed by atoms with Crippen LogP contribution in [0.2, 0.25) is 0 Å². The number of carboxylic acids is 1. The Morgan fingerprint density at radius 1 is 1.24 bits per heavy atom. The SMILES string of the molecule is O=C1NC(=O)/C(=C\c2cccc(C(=O)O)c2)N1. The Morgan fingerprint density at radius 2 is 2.00 bits per heavy atom. The van der Waals surface area contributed by atoms with Crippen molar-refractivity contribution >= 4 is 24.0 Å². The summed E-state index contributed by atoms with van der Waals surface area (Å²) >= 11 is 0. The molecule has 1 heterocycles. The van der Waals surface area contributed by atoms with E-state index in [9.17, 15) is 14.4 Å². The molecule has 1 fully saturated rings. The molecular formula is C11H8N2O4. The smallest absolute Gasteiger partial charge is 0.335 e. The number of carboxylic acid groups (broad SMARTS) is 1. The zero-order valence-electron chi connectivity index (χ0n) is 8.56. The molecule has 0 bridgehead atoms. The van der Waals surface area contributed by atoms with Gasteiger partial charge in [0.05, 0.1) is 5.56 Å².